The Bertz CT molecular complexity index is 568. The van der Waals surface area contributed by atoms with Crippen molar-refractivity contribution in [1.29, 1.82) is 0 Å². The molecule has 0 spiro atoms. The predicted molar refractivity (Wildman–Crippen MR) is 61.3 cm³/mol. The number of halogens is 3. The average molecular weight is 275 g/mol. The molecule has 1 aromatic heterocycles. The standard InChI is InChI=1S/C10H8F3N3OS/c1-17-7-4-5(10(11,12)13)2-3-6(7)8-15-16-9(14)18-8/h2-4H,1H3,(H2,14,16). The highest BCUT2D eigenvalue weighted by atomic mass is 32.1. The van der Waals surface area contributed by atoms with Crippen LogP contribution in [0.3, 0.4) is 0 Å². The van der Waals surface area contributed by atoms with Crippen LogP contribution < -0.4 is 10.5 Å². The van der Waals surface area contributed by atoms with Gasteiger partial charge in [-0.05, 0) is 18.2 Å². The van der Waals surface area contributed by atoms with Crippen molar-refractivity contribution < 1.29 is 17.9 Å². The number of hydrogen-bond acceptors (Lipinski definition) is 5. The Kier molecular flexibility index (Phi) is 3.12. The Morgan fingerprint density at radius 3 is 2.50 bits per heavy atom. The van der Waals surface area contributed by atoms with Gasteiger partial charge in [-0.3, -0.25) is 0 Å². The SMILES string of the molecule is COc1cc(C(F)(F)F)ccc1-c1nnc(N)s1. The van der Waals surface area contributed by atoms with Gasteiger partial charge in [-0.15, -0.1) is 10.2 Å². The van der Waals surface area contributed by atoms with Crippen molar-refractivity contribution in [2.75, 3.05) is 12.8 Å². The lowest BCUT2D eigenvalue weighted by Gasteiger charge is -2.10. The lowest BCUT2D eigenvalue weighted by molar-refractivity contribution is -0.137. The minimum Gasteiger partial charge on any atom is -0.496 e. The second-order valence-electron chi connectivity index (χ2n) is 3.36. The van der Waals surface area contributed by atoms with E-state index in [2.05, 4.69) is 10.2 Å². The molecule has 2 aromatic rings. The molecular weight excluding hydrogens is 267 g/mol. The molecule has 0 saturated carbocycles. The fourth-order valence-electron chi connectivity index (χ4n) is 1.39. The van der Waals surface area contributed by atoms with Gasteiger partial charge in [-0.1, -0.05) is 11.3 Å². The lowest BCUT2D eigenvalue weighted by Crippen LogP contribution is -2.05. The molecule has 0 amide bonds. The van der Waals surface area contributed by atoms with Crippen LogP contribution in [0, 0.1) is 0 Å². The van der Waals surface area contributed by atoms with Gasteiger partial charge in [-0.25, -0.2) is 0 Å². The van der Waals surface area contributed by atoms with E-state index in [-0.39, 0.29) is 10.9 Å². The first-order valence-corrected chi connectivity index (χ1v) is 5.58. The molecule has 96 valence electrons. The summed E-state index contributed by atoms with van der Waals surface area (Å²) >= 11 is 1.08. The van der Waals surface area contributed by atoms with E-state index in [0.29, 0.717) is 10.6 Å². The number of anilines is 1. The maximum Gasteiger partial charge on any atom is 0.416 e. The van der Waals surface area contributed by atoms with Crippen molar-refractivity contribution in [3.05, 3.63) is 23.8 Å². The second kappa shape index (κ2) is 4.45. The number of ether oxygens (including phenoxy) is 1. The largest absolute Gasteiger partial charge is 0.496 e. The fraction of sp³-hybridized carbons (Fsp3) is 0.200. The highest BCUT2D eigenvalue weighted by molar-refractivity contribution is 7.18. The summed E-state index contributed by atoms with van der Waals surface area (Å²) in [7, 11) is 1.30. The van der Waals surface area contributed by atoms with Gasteiger partial charge in [0.1, 0.15) is 5.75 Å². The number of alkyl halides is 3. The number of aromatic nitrogens is 2. The van der Waals surface area contributed by atoms with E-state index in [9.17, 15) is 13.2 Å². The number of nitrogens with zero attached hydrogens (tertiary/aromatic N) is 2. The molecule has 0 fully saturated rings. The first-order valence-electron chi connectivity index (χ1n) is 4.76. The van der Waals surface area contributed by atoms with E-state index in [4.69, 9.17) is 10.5 Å². The summed E-state index contributed by atoms with van der Waals surface area (Å²) in [5.74, 6) is 0.0842. The zero-order valence-corrected chi connectivity index (χ0v) is 9.97. The highest BCUT2D eigenvalue weighted by Crippen LogP contribution is 2.38. The van der Waals surface area contributed by atoms with Crippen LogP contribution in [0.1, 0.15) is 5.56 Å². The molecule has 0 saturated heterocycles. The molecular formula is C10H8F3N3OS. The van der Waals surface area contributed by atoms with E-state index >= 15 is 0 Å². The Morgan fingerprint density at radius 2 is 2.00 bits per heavy atom. The van der Waals surface area contributed by atoms with Gasteiger partial charge < -0.3 is 10.5 Å². The van der Waals surface area contributed by atoms with Crippen LogP contribution in [0.5, 0.6) is 5.75 Å². The monoisotopic (exact) mass is 275 g/mol. The zero-order chi connectivity index (χ0) is 13.3. The van der Waals surface area contributed by atoms with Gasteiger partial charge in [-0.2, -0.15) is 13.2 Å². The molecule has 2 rings (SSSR count). The molecule has 18 heavy (non-hydrogen) atoms. The van der Waals surface area contributed by atoms with Gasteiger partial charge in [0, 0.05) is 0 Å². The molecule has 0 unspecified atom stereocenters. The van der Waals surface area contributed by atoms with E-state index in [0.717, 1.165) is 23.5 Å². The molecule has 1 heterocycles. The van der Waals surface area contributed by atoms with Crippen molar-refractivity contribution >= 4 is 16.5 Å². The topological polar surface area (TPSA) is 61.0 Å². The van der Waals surface area contributed by atoms with Crippen molar-refractivity contribution in [1.82, 2.24) is 10.2 Å². The van der Waals surface area contributed by atoms with Gasteiger partial charge >= 0.3 is 6.18 Å². The van der Waals surface area contributed by atoms with Crippen LogP contribution in [-0.4, -0.2) is 17.3 Å². The molecule has 0 bridgehead atoms. The van der Waals surface area contributed by atoms with Crippen LogP contribution in [0.25, 0.3) is 10.6 Å². The maximum atomic E-state index is 12.5. The molecule has 0 atom stereocenters. The minimum atomic E-state index is -4.41. The zero-order valence-electron chi connectivity index (χ0n) is 9.15. The average Bonchev–Trinajstić information content (AvgIpc) is 2.73. The van der Waals surface area contributed by atoms with Gasteiger partial charge in [0.15, 0.2) is 5.01 Å². The van der Waals surface area contributed by atoms with Gasteiger partial charge in [0.25, 0.3) is 0 Å². The molecule has 4 nitrogen and oxygen atoms in total. The molecule has 0 aliphatic rings. The van der Waals surface area contributed by atoms with E-state index < -0.39 is 11.7 Å². The summed E-state index contributed by atoms with van der Waals surface area (Å²) < 4.78 is 42.6. The quantitative estimate of drug-likeness (QED) is 0.915. The maximum absolute atomic E-state index is 12.5. The molecule has 0 radical (unpaired) electrons. The van der Waals surface area contributed by atoms with Crippen LogP contribution in [0.15, 0.2) is 18.2 Å². The summed E-state index contributed by atoms with van der Waals surface area (Å²) in [5, 5.41) is 8.03. The third-order valence-corrected chi connectivity index (χ3v) is 2.99. The van der Waals surface area contributed by atoms with Crippen molar-refractivity contribution in [3.8, 4) is 16.3 Å². The third-order valence-electron chi connectivity index (χ3n) is 2.20. The summed E-state index contributed by atoms with van der Waals surface area (Å²) in [5.41, 5.74) is 5.08. The van der Waals surface area contributed by atoms with Crippen LogP contribution >= 0.6 is 11.3 Å². The lowest BCUT2D eigenvalue weighted by atomic mass is 10.1. The Hall–Kier alpha value is -1.83. The first kappa shape index (κ1) is 12.6. The normalized spacial score (nSPS) is 11.6. The number of nitrogen functional groups attached to an aromatic ring is 1. The van der Waals surface area contributed by atoms with Gasteiger partial charge in [0.05, 0.1) is 18.2 Å². The number of nitrogens with two attached hydrogens (primary N) is 1. The van der Waals surface area contributed by atoms with Crippen LogP contribution in [0.4, 0.5) is 18.3 Å². The Morgan fingerprint density at radius 1 is 1.28 bits per heavy atom. The molecule has 0 aliphatic heterocycles. The minimum absolute atomic E-state index is 0.0842. The molecule has 8 heteroatoms. The van der Waals surface area contributed by atoms with Crippen LogP contribution in [0.2, 0.25) is 0 Å². The molecule has 2 N–H and O–H groups in total. The summed E-state index contributed by atoms with van der Waals surface area (Å²) in [6, 6.07) is 3.18. The van der Waals surface area contributed by atoms with Crippen molar-refractivity contribution in [3.63, 3.8) is 0 Å². The van der Waals surface area contributed by atoms with E-state index in [1.54, 1.807) is 0 Å². The van der Waals surface area contributed by atoms with E-state index in [1.165, 1.54) is 13.2 Å². The Balaban J connectivity index is 2.50. The molecule has 1 aromatic carbocycles. The summed E-state index contributed by atoms with van der Waals surface area (Å²) in [6.45, 7) is 0. The smallest absolute Gasteiger partial charge is 0.416 e. The first-order chi connectivity index (χ1) is 8.41. The van der Waals surface area contributed by atoms with Gasteiger partial charge in [0.2, 0.25) is 5.13 Å². The second-order valence-corrected chi connectivity index (χ2v) is 4.37. The van der Waals surface area contributed by atoms with Crippen molar-refractivity contribution in [2.24, 2.45) is 0 Å². The van der Waals surface area contributed by atoms with Crippen molar-refractivity contribution in [2.45, 2.75) is 6.18 Å². The van der Waals surface area contributed by atoms with E-state index in [1.807, 2.05) is 0 Å². The highest BCUT2D eigenvalue weighted by Gasteiger charge is 2.31. The Labute approximate surface area is 104 Å². The summed E-state index contributed by atoms with van der Waals surface area (Å²) in [4.78, 5) is 0. The number of methoxy groups -OCH3 is 1. The predicted octanol–water partition coefficient (Wildman–Crippen LogP) is 2.81. The fourth-order valence-corrected chi connectivity index (χ4v) is 2.03. The number of hydrogen-bond donors (Lipinski definition) is 1. The number of benzene rings is 1. The number of rotatable bonds is 2. The molecule has 0 aliphatic carbocycles. The van der Waals surface area contributed by atoms with Crippen LogP contribution in [-0.2, 0) is 6.18 Å². The summed E-state index contributed by atoms with van der Waals surface area (Å²) in [6.07, 6.45) is -4.41. The third kappa shape index (κ3) is 2.37.